The minimum Gasteiger partial charge on any atom is -0.385 e. The lowest BCUT2D eigenvalue weighted by Gasteiger charge is -2.06. The first-order chi connectivity index (χ1) is 12.8. The highest BCUT2D eigenvalue weighted by Crippen LogP contribution is 2.23. The number of rotatable bonds is 4. The highest BCUT2D eigenvalue weighted by atomic mass is 14.9. The molecule has 2 heteroatoms. The van der Waals surface area contributed by atoms with Gasteiger partial charge in [0.25, 0.3) is 0 Å². The van der Waals surface area contributed by atoms with Crippen LogP contribution in [0.25, 0.3) is 21.5 Å². The van der Waals surface area contributed by atoms with Crippen molar-refractivity contribution in [3.8, 4) is 0 Å². The Morgan fingerprint density at radius 3 is 1.31 bits per heavy atom. The van der Waals surface area contributed by atoms with Crippen LogP contribution < -0.4 is 10.6 Å². The van der Waals surface area contributed by atoms with E-state index in [1.54, 1.807) is 0 Å². The Balaban J connectivity index is 0.000000151. The second-order valence-corrected chi connectivity index (χ2v) is 6.11. The molecule has 0 aliphatic carbocycles. The standard InChI is InChI=1S/2C12H13N/c2*1-2-13-12-9-5-7-10-6-3-4-8-11(10)12/h2*3-9,13H,2H2,1H3. The zero-order valence-corrected chi connectivity index (χ0v) is 15.5. The minimum atomic E-state index is 0.966. The van der Waals surface area contributed by atoms with Gasteiger partial charge in [-0.05, 0) is 36.8 Å². The number of hydrogen-bond acceptors (Lipinski definition) is 2. The first-order valence-electron chi connectivity index (χ1n) is 9.26. The average Bonchev–Trinajstić information content (AvgIpc) is 2.70. The van der Waals surface area contributed by atoms with Crippen molar-refractivity contribution in [3.05, 3.63) is 84.9 Å². The third kappa shape index (κ3) is 4.15. The van der Waals surface area contributed by atoms with Gasteiger partial charge in [-0.2, -0.15) is 0 Å². The molecule has 0 aliphatic heterocycles. The van der Waals surface area contributed by atoms with Gasteiger partial charge in [0.1, 0.15) is 0 Å². The van der Waals surface area contributed by atoms with Crippen LogP contribution in [0, 0.1) is 0 Å². The van der Waals surface area contributed by atoms with Crippen molar-refractivity contribution in [2.24, 2.45) is 0 Å². The molecule has 0 unspecified atom stereocenters. The first-order valence-corrected chi connectivity index (χ1v) is 9.26. The summed E-state index contributed by atoms with van der Waals surface area (Å²) in [4.78, 5) is 0. The lowest BCUT2D eigenvalue weighted by atomic mass is 10.1. The molecule has 0 amide bonds. The number of fused-ring (bicyclic) bond motifs is 2. The second-order valence-electron chi connectivity index (χ2n) is 6.11. The van der Waals surface area contributed by atoms with Gasteiger partial charge in [-0.25, -0.2) is 0 Å². The predicted octanol–water partition coefficient (Wildman–Crippen LogP) is 6.54. The van der Waals surface area contributed by atoms with Gasteiger partial charge >= 0.3 is 0 Å². The Kier molecular flexibility index (Phi) is 6.10. The van der Waals surface area contributed by atoms with Gasteiger partial charge in [0, 0.05) is 35.2 Å². The molecule has 2 nitrogen and oxygen atoms in total. The normalized spacial score (nSPS) is 10.2. The Hall–Kier alpha value is -3.00. The van der Waals surface area contributed by atoms with Crippen LogP contribution in [0.1, 0.15) is 13.8 Å². The van der Waals surface area contributed by atoms with Crippen LogP contribution in [0.2, 0.25) is 0 Å². The van der Waals surface area contributed by atoms with Crippen LogP contribution >= 0.6 is 0 Å². The van der Waals surface area contributed by atoms with Crippen LogP contribution in [-0.4, -0.2) is 13.1 Å². The molecule has 26 heavy (non-hydrogen) atoms. The lowest BCUT2D eigenvalue weighted by molar-refractivity contribution is 1.22. The molecule has 4 aromatic rings. The number of anilines is 2. The highest BCUT2D eigenvalue weighted by Gasteiger charge is 1.97. The molecule has 4 aromatic carbocycles. The maximum absolute atomic E-state index is 3.35. The van der Waals surface area contributed by atoms with Crippen LogP contribution in [0.4, 0.5) is 11.4 Å². The average molecular weight is 342 g/mol. The van der Waals surface area contributed by atoms with E-state index >= 15 is 0 Å². The number of benzene rings is 4. The summed E-state index contributed by atoms with van der Waals surface area (Å²) in [6, 6.07) is 29.5. The molecule has 0 radical (unpaired) electrons. The van der Waals surface area contributed by atoms with E-state index in [1.807, 2.05) is 0 Å². The summed E-state index contributed by atoms with van der Waals surface area (Å²) in [6.45, 7) is 6.16. The van der Waals surface area contributed by atoms with Gasteiger partial charge < -0.3 is 10.6 Å². The topological polar surface area (TPSA) is 24.1 Å². The van der Waals surface area contributed by atoms with E-state index in [9.17, 15) is 0 Å². The molecule has 0 fully saturated rings. The van der Waals surface area contributed by atoms with E-state index in [1.165, 1.54) is 32.9 Å². The summed E-state index contributed by atoms with van der Waals surface area (Å²) in [5, 5.41) is 11.9. The van der Waals surface area contributed by atoms with Gasteiger partial charge in [-0.15, -0.1) is 0 Å². The SMILES string of the molecule is CCNc1cccc2ccccc12.CCNc1cccc2ccccc12. The van der Waals surface area contributed by atoms with Crippen molar-refractivity contribution in [2.75, 3.05) is 23.7 Å². The van der Waals surface area contributed by atoms with Crippen molar-refractivity contribution in [2.45, 2.75) is 13.8 Å². The predicted molar refractivity (Wildman–Crippen MR) is 116 cm³/mol. The van der Waals surface area contributed by atoms with E-state index in [4.69, 9.17) is 0 Å². The molecule has 0 saturated carbocycles. The maximum atomic E-state index is 3.35. The molecule has 0 spiro atoms. The third-order valence-electron chi connectivity index (χ3n) is 4.31. The Morgan fingerprint density at radius 1 is 0.500 bits per heavy atom. The molecule has 4 rings (SSSR count). The van der Waals surface area contributed by atoms with Gasteiger partial charge in [-0.3, -0.25) is 0 Å². The molecular formula is C24H26N2. The summed E-state index contributed by atoms with van der Waals surface area (Å²) in [6.07, 6.45) is 0. The lowest BCUT2D eigenvalue weighted by Crippen LogP contribution is -1.96. The fraction of sp³-hybridized carbons (Fsp3) is 0.167. The van der Waals surface area contributed by atoms with Crippen LogP contribution in [-0.2, 0) is 0 Å². The first kappa shape index (κ1) is 17.8. The molecule has 0 atom stereocenters. The number of hydrogen-bond donors (Lipinski definition) is 2. The summed E-state index contributed by atoms with van der Waals surface area (Å²) in [5.41, 5.74) is 2.45. The molecule has 0 saturated heterocycles. The largest absolute Gasteiger partial charge is 0.385 e. The summed E-state index contributed by atoms with van der Waals surface area (Å²) in [7, 11) is 0. The zero-order chi connectivity index (χ0) is 18.2. The van der Waals surface area contributed by atoms with Crippen molar-refractivity contribution in [1.29, 1.82) is 0 Å². The molecular weight excluding hydrogens is 316 g/mol. The third-order valence-corrected chi connectivity index (χ3v) is 4.31. The van der Waals surface area contributed by atoms with E-state index in [0.29, 0.717) is 0 Å². The van der Waals surface area contributed by atoms with E-state index in [0.717, 1.165) is 13.1 Å². The molecule has 132 valence electrons. The van der Waals surface area contributed by atoms with Gasteiger partial charge in [0.05, 0.1) is 0 Å². The Morgan fingerprint density at radius 2 is 0.885 bits per heavy atom. The highest BCUT2D eigenvalue weighted by molar-refractivity contribution is 5.94. The van der Waals surface area contributed by atoms with E-state index in [2.05, 4.69) is 109 Å². The van der Waals surface area contributed by atoms with Crippen LogP contribution in [0.5, 0.6) is 0 Å². The quantitative estimate of drug-likeness (QED) is 0.440. The maximum Gasteiger partial charge on any atom is 0.0419 e. The molecule has 0 aliphatic rings. The monoisotopic (exact) mass is 342 g/mol. The summed E-state index contributed by atoms with van der Waals surface area (Å²) < 4.78 is 0. The van der Waals surface area contributed by atoms with E-state index in [-0.39, 0.29) is 0 Å². The Labute approximate surface area is 155 Å². The fourth-order valence-electron chi connectivity index (χ4n) is 3.14. The number of nitrogens with one attached hydrogen (secondary N) is 2. The van der Waals surface area contributed by atoms with Gasteiger partial charge in [0.2, 0.25) is 0 Å². The zero-order valence-electron chi connectivity index (χ0n) is 15.5. The van der Waals surface area contributed by atoms with Crippen LogP contribution in [0.3, 0.4) is 0 Å². The van der Waals surface area contributed by atoms with Crippen molar-refractivity contribution >= 4 is 32.9 Å². The smallest absolute Gasteiger partial charge is 0.0419 e. The Bertz CT molecular complexity index is 884. The summed E-state index contributed by atoms with van der Waals surface area (Å²) >= 11 is 0. The molecule has 0 bridgehead atoms. The van der Waals surface area contributed by atoms with Crippen molar-refractivity contribution < 1.29 is 0 Å². The van der Waals surface area contributed by atoms with Crippen molar-refractivity contribution in [1.82, 2.24) is 0 Å². The van der Waals surface area contributed by atoms with Crippen molar-refractivity contribution in [3.63, 3.8) is 0 Å². The van der Waals surface area contributed by atoms with E-state index < -0.39 is 0 Å². The minimum absolute atomic E-state index is 0.966. The second kappa shape index (κ2) is 8.91. The molecule has 0 aromatic heterocycles. The fourth-order valence-corrected chi connectivity index (χ4v) is 3.14. The molecule has 2 N–H and O–H groups in total. The van der Waals surface area contributed by atoms with Crippen LogP contribution in [0.15, 0.2) is 84.9 Å². The summed E-state index contributed by atoms with van der Waals surface area (Å²) in [5.74, 6) is 0. The molecule has 0 heterocycles. The van der Waals surface area contributed by atoms with Gasteiger partial charge in [0.15, 0.2) is 0 Å². The van der Waals surface area contributed by atoms with Gasteiger partial charge in [-0.1, -0.05) is 72.8 Å².